The highest BCUT2D eigenvalue weighted by molar-refractivity contribution is 5.38. The van der Waals surface area contributed by atoms with Gasteiger partial charge in [-0.2, -0.15) is 0 Å². The molecule has 0 radical (unpaired) electrons. The number of rotatable bonds is 5. The third-order valence-electron chi connectivity index (χ3n) is 3.35. The maximum absolute atomic E-state index is 12.9. The monoisotopic (exact) mass is 271 g/mol. The van der Waals surface area contributed by atoms with Crippen LogP contribution in [0.1, 0.15) is 12.8 Å². The summed E-state index contributed by atoms with van der Waals surface area (Å²) in [5, 5.41) is 11.3. The molecule has 1 saturated heterocycles. The Balaban J connectivity index is 1.77. The molecule has 0 saturated carbocycles. The van der Waals surface area contributed by atoms with E-state index in [-0.39, 0.29) is 6.04 Å². The second-order valence-corrected chi connectivity index (χ2v) is 4.84. The highest BCUT2D eigenvalue weighted by atomic mass is 19.3. The van der Waals surface area contributed by atoms with E-state index in [1.807, 2.05) is 18.2 Å². The molecule has 0 amide bonds. The topological polar surface area (TPSA) is 48.4 Å². The van der Waals surface area contributed by atoms with Crippen LogP contribution in [0, 0.1) is 0 Å². The van der Waals surface area contributed by atoms with Gasteiger partial charge in [0.15, 0.2) is 0 Å². The van der Waals surface area contributed by atoms with Gasteiger partial charge in [0.05, 0.1) is 6.54 Å². The quantitative estimate of drug-likeness (QED) is 0.846. The molecule has 19 heavy (non-hydrogen) atoms. The molecule has 2 rings (SSSR count). The Bertz CT molecular complexity index is 381. The van der Waals surface area contributed by atoms with Gasteiger partial charge in [0.25, 0.3) is 5.92 Å². The smallest absolute Gasteiger partial charge is 0.282 e. The zero-order valence-corrected chi connectivity index (χ0v) is 10.7. The predicted octanol–water partition coefficient (Wildman–Crippen LogP) is 1.27. The Morgan fingerprint density at radius 2 is 2.11 bits per heavy atom. The number of halogens is 2. The number of hydrogen-bond acceptors (Lipinski definition) is 4. The molecule has 1 fully saturated rings. The highest BCUT2D eigenvalue weighted by Gasteiger charge is 2.29. The second-order valence-electron chi connectivity index (χ2n) is 4.84. The van der Waals surface area contributed by atoms with Crippen molar-refractivity contribution in [3.8, 4) is 0 Å². The van der Waals surface area contributed by atoms with E-state index in [1.165, 1.54) is 0 Å². The van der Waals surface area contributed by atoms with Gasteiger partial charge in [0.2, 0.25) is 0 Å². The zero-order valence-electron chi connectivity index (χ0n) is 10.7. The van der Waals surface area contributed by atoms with Gasteiger partial charge in [-0.1, -0.05) is 6.07 Å². The molecule has 2 N–H and O–H groups in total. The van der Waals surface area contributed by atoms with Crippen LogP contribution in [-0.2, 0) is 0 Å². The number of aromatic nitrogens is 1. The van der Waals surface area contributed by atoms with Crippen molar-refractivity contribution in [2.75, 3.05) is 31.1 Å². The summed E-state index contributed by atoms with van der Waals surface area (Å²) in [6, 6.07) is 5.84. The normalized spacial score (nSPS) is 17.7. The number of nitrogens with zero attached hydrogens (tertiary/aromatic N) is 2. The maximum Gasteiger partial charge on any atom is 0.282 e. The van der Waals surface area contributed by atoms with Crippen molar-refractivity contribution in [2.45, 2.75) is 24.8 Å². The first-order valence-electron chi connectivity index (χ1n) is 6.49. The molecule has 1 aliphatic rings. The van der Waals surface area contributed by atoms with Crippen LogP contribution in [0.3, 0.4) is 0 Å². The lowest BCUT2D eigenvalue weighted by molar-refractivity contribution is -0.0497. The summed E-state index contributed by atoms with van der Waals surface area (Å²) in [7, 11) is 0. The van der Waals surface area contributed by atoms with E-state index in [0.717, 1.165) is 31.7 Å². The number of hydrogen-bond donors (Lipinski definition) is 2. The summed E-state index contributed by atoms with van der Waals surface area (Å²) in [4.78, 5) is 6.43. The number of pyridine rings is 1. The van der Waals surface area contributed by atoms with Crippen LogP contribution in [0.15, 0.2) is 24.4 Å². The molecule has 0 aliphatic carbocycles. The minimum atomic E-state index is -3.03. The molecule has 1 aromatic rings. The summed E-state index contributed by atoms with van der Waals surface area (Å²) < 4.78 is 25.8. The van der Waals surface area contributed by atoms with Crippen molar-refractivity contribution >= 4 is 5.82 Å². The minimum absolute atomic E-state index is 0.0809. The van der Waals surface area contributed by atoms with E-state index in [4.69, 9.17) is 5.11 Å². The molecule has 106 valence electrons. The lowest BCUT2D eigenvalue weighted by Gasteiger charge is -2.33. The predicted molar refractivity (Wildman–Crippen MR) is 69.5 cm³/mol. The molecule has 0 atom stereocenters. The minimum Gasteiger partial charge on any atom is -0.390 e. The maximum atomic E-state index is 12.9. The molecule has 6 heteroatoms. The molecule has 0 spiro atoms. The van der Waals surface area contributed by atoms with E-state index in [2.05, 4.69) is 15.2 Å². The summed E-state index contributed by atoms with van der Waals surface area (Å²) in [6.45, 7) is 0.0449. The molecular weight excluding hydrogens is 252 g/mol. The largest absolute Gasteiger partial charge is 0.390 e. The highest BCUT2D eigenvalue weighted by Crippen LogP contribution is 2.18. The molecule has 0 bridgehead atoms. The Morgan fingerprint density at radius 1 is 1.37 bits per heavy atom. The van der Waals surface area contributed by atoms with Gasteiger partial charge >= 0.3 is 0 Å². The summed E-state index contributed by atoms with van der Waals surface area (Å²) in [5.74, 6) is -2.10. The Hall–Kier alpha value is -1.27. The van der Waals surface area contributed by atoms with Crippen LogP contribution in [0.4, 0.5) is 14.6 Å². The number of anilines is 1. The van der Waals surface area contributed by atoms with E-state index in [1.54, 1.807) is 6.20 Å². The van der Waals surface area contributed by atoms with Gasteiger partial charge in [0, 0.05) is 25.3 Å². The van der Waals surface area contributed by atoms with Crippen molar-refractivity contribution in [3.05, 3.63) is 24.4 Å². The van der Waals surface area contributed by atoms with Crippen molar-refractivity contribution < 1.29 is 13.9 Å². The van der Waals surface area contributed by atoms with Gasteiger partial charge in [-0.05, 0) is 25.0 Å². The van der Waals surface area contributed by atoms with E-state index < -0.39 is 19.1 Å². The standard InChI is InChI=1S/C13H19F2N3O/c14-13(15,10-19)9-17-11-4-7-18(8-5-11)12-3-1-2-6-16-12/h1-3,6,11,17,19H,4-5,7-10H2. The van der Waals surface area contributed by atoms with Crippen molar-refractivity contribution in [1.29, 1.82) is 0 Å². The number of nitrogens with one attached hydrogen (secondary N) is 1. The zero-order chi connectivity index (χ0) is 13.7. The lowest BCUT2D eigenvalue weighted by atomic mass is 10.0. The first kappa shape index (κ1) is 14.1. The summed E-state index contributed by atoms with van der Waals surface area (Å²) in [6.07, 6.45) is 3.36. The Labute approximate surface area is 111 Å². The average molecular weight is 271 g/mol. The molecule has 2 heterocycles. The van der Waals surface area contributed by atoms with Crippen molar-refractivity contribution in [3.63, 3.8) is 0 Å². The molecule has 0 unspecified atom stereocenters. The van der Waals surface area contributed by atoms with Gasteiger partial charge in [-0.25, -0.2) is 13.8 Å². The van der Waals surface area contributed by atoms with Crippen LogP contribution in [0.25, 0.3) is 0 Å². The number of aliphatic hydroxyl groups excluding tert-OH is 1. The average Bonchev–Trinajstić information content (AvgIpc) is 2.47. The van der Waals surface area contributed by atoms with Crippen LogP contribution in [0.2, 0.25) is 0 Å². The van der Waals surface area contributed by atoms with Crippen LogP contribution in [0.5, 0.6) is 0 Å². The van der Waals surface area contributed by atoms with E-state index in [9.17, 15) is 8.78 Å². The Morgan fingerprint density at radius 3 is 2.68 bits per heavy atom. The number of aliphatic hydroxyl groups is 1. The third kappa shape index (κ3) is 4.11. The lowest BCUT2D eigenvalue weighted by Crippen LogP contribution is -2.47. The van der Waals surface area contributed by atoms with E-state index >= 15 is 0 Å². The fourth-order valence-electron chi connectivity index (χ4n) is 2.20. The van der Waals surface area contributed by atoms with Crippen LogP contribution >= 0.6 is 0 Å². The van der Waals surface area contributed by atoms with Gasteiger partial charge in [-0.3, -0.25) is 0 Å². The molecule has 4 nitrogen and oxygen atoms in total. The van der Waals surface area contributed by atoms with Crippen LogP contribution in [-0.4, -0.2) is 48.3 Å². The van der Waals surface area contributed by atoms with Crippen molar-refractivity contribution in [2.24, 2.45) is 0 Å². The number of piperidine rings is 1. The first-order valence-corrected chi connectivity index (χ1v) is 6.49. The van der Waals surface area contributed by atoms with Crippen molar-refractivity contribution in [1.82, 2.24) is 10.3 Å². The first-order chi connectivity index (χ1) is 9.11. The van der Waals surface area contributed by atoms with Crippen LogP contribution < -0.4 is 10.2 Å². The molecule has 1 aromatic heterocycles. The summed E-state index contributed by atoms with van der Waals surface area (Å²) in [5.41, 5.74) is 0. The summed E-state index contributed by atoms with van der Waals surface area (Å²) >= 11 is 0. The fraction of sp³-hybridized carbons (Fsp3) is 0.615. The van der Waals surface area contributed by atoms with Gasteiger partial charge in [0.1, 0.15) is 12.4 Å². The molecule has 0 aromatic carbocycles. The third-order valence-corrected chi connectivity index (χ3v) is 3.35. The number of alkyl halides is 2. The van der Waals surface area contributed by atoms with Gasteiger partial charge in [-0.15, -0.1) is 0 Å². The SMILES string of the molecule is OCC(F)(F)CNC1CCN(c2ccccn2)CC1. The molecular formula is C13H19F2N3O. The molecule has 1 aliphatic heterocycles. The Kier molecular flexibility index (Phi) is 4.66. The van der Waals surface area contributed by atoms with E-state index in [0.29, 0.717) is 0 Å². The fourth-order valence-corrected chi connectivity index (χ4v) is 2.20. The second kappa shape index (κ2) is 6.25. The van der Waals surface area contributed by atoms with Gasteiger partial charge < -0.3 is 15.3 Å².